The molecule has 0 radical (unpaired) electrons. The zero-order valence-corrected chi connectivity index (χ0v) is 19.3. The number of carbonyl (C=O) groups excluding carboxylic acids is 1. The van der Waals surface area contributed by atoms with E-state index in [-0.39, 0.29) is 23.9 Å². The molecule has 2 heterocycles. The number of thioether (sulfide) groups is 1. The van der Waals surface area contributed by atoms with Gasteiger partial charge in [0.25, 0.3) is 11.6 Å². The SMILES string of the molecule is CCOc1cc(/C=C2\S/C(=N/N=C\c3ccc([N+](=O)[O-])cc3)N(Cc3ccco3)C2=O)ccc1O. The van der Waals surface area contributed by atoms with Crippen molar-refractivity contribution in [2.75, 3.05) is 6.61 Å². The second kappa shape index (κ2) is 10.7. The van der Waals surface area contributed by atoms with Crippen LogP contribution >= 0.6 is 11.8 Å². The number of furan rings is 1. The first-order valence-electron chi connectivity index (χ1n) is 10.5. The Labute approximate surface area is 204 Å². The number of hydrogen-bond acceptors (Lipinski definition) is 9. The van der Waals surface area contributed by atoms with Crippen molar-refractivity contribution >= 4 is 40.8 Å². The molecule has 1 aliphatic rings. The Hall–Kier alpha value is -4.38. The number of nitrogens with zero attached hydrogens (tertiary/aromatic N) is 4. The zero-order valence-electron chi connectivity index (χ0n) is 18.5. The topological polar surface area (TPSA) is 131 Å². The number of rotatable bonds is 8. The van der Waals surface area contributed by atoms with Crippen LogP contribution in [0.25, 0.3) is 6.08 Å². The molecule has 178 valence electrons. The number of amides is 1. The van der Waals surface area contributed by atoms with Crippen molar-refractivity contribution in [3.63, 3.8) is 0 Å². The lowest BCUT2D eigenvalue weighted by molar-refractivity contribution is -0.384. The summed E-state index contributed by atoms with van der Waals surface area (Å²) in [6.07, 6.45) is 4.66. The van der Waals surface area contributed by atoms with Gasteiger partial charge in [-0.3, -0.25) is 19.8 Å². The number of phenolic OH excluding ortho intramolecular Hbond substituents is 1. The number of benzene rings is 2. The third-order valence-corrected chi connectivity index (χ3v) is 5.81. The van der Waals surface area contributed by atoms with Crippen molar-refractivity contribution in [2.24, 2.45) is 10.2 Å². The molecule has 2 aromatic carbocycles. The van der Waals surface area contributed by atoms with E-state index in [0.717, 1.165) is 11.8 Å². The van der Waals surface area contributed by atoms with Crippen LogP contribution in [-0.2, 0) is 11.3 Å². The minimum atomic E-state index is -0.478. The van der Waals surface area contributed by atoms with Crippen LogP contribution in [0.4, 0.5) is 5.69 Å². The van der Waals surface area contributed by atoms with Gasteiger partial charge in [-0.15, -0.1) is 5.10 Å². The van der Waals surface area contributed by atoms with E-state index in [1.54, 1.807) is 42.5 Å². The number of nitro benzene ring substituents is 1. The summed E-state index contributed by atoms with van der Waals surface area (Å²) in [4.78, 5) is 25.4. The molecule has 0 unspecified atom stereocenters. The first-order valence-corrected chi connectivity index (χ1v) is 11.3. The average molecular weight is 493 g/mol. The zero-order chi connectivity index (χ0) is 24.8. The van der Waals surface area contributed by atoms with Crippen LogP contribution in [0.2, 0.25) is 0 Å². The van der Waals surface area contributed by atoms with Crippen molar-refractivity contribution in [3.8, 4) is 11.5 Å². The largest absolute Gasteiger partial charge is 0.504 e. The third-order valence-electron chi connectivity index (χ3n) is 4.82. The van der Waals surface area contributed by atoms with Crippen molar-refractivity contribution in [2.45, 2.75) is 13.5 Å². The summed E-state index contributed by atoms with van der Waals surface area (Å²) in [6.45, 7) is 2.37. The van der Waals surface area contributed by atoms with E-state index in [4.69, 9.17) is 9.15 Å². The summed E-state index contributed by atoms with van der Waals surface area (Å²) < 4.78 is 10.8. The monoisotopic (exact) mass is 492 g/mol. The molecular weight excluding hydrogens is 472 g/mol. The van der Waals surface area contributed by atoms with Gasteiger partial charge in [-0.05, 0) is 72.3 Å². The Morgan fingerprint density at radius 2 is 1.97 bits per heavy atom. The molecule has 1 saturated heterocycles. The number of aromatic hydroxyl groups is 1. The van der Waals surface area contributed by atoms with Gasteiger partial charge in [0.05, 0.1) is 35.5 Å². The molecular formula is C24H20N4O6S. The summed E-state index contributed by atoms with van der Waals surface area (Å²) in [5, 5.41) is 29.4. The summed E-state index contributed by atoms with van der Waals surface area (Å²) >= 11 is 1.15. The predicted molar refractivity (Wildman–Crippen MR) is 132 cm³/mol. The van der Waals surface area contributed by atoms with Gasteiger partial charge in [0.2, 0.25) is 0 Å². The molecule has 1 aromatic heterocycles. The number of phenols is 1. The normalized spacial score (nSPS) is 16.0. The van der Waals surface area contributed by atoms with Gasteiger partial charge < -0.3 is 14.3 Å². The molecule has 3 aromatic rings. The van der Waals surface area contributed by atoms with Crippen LogP contribution in [0.5, 0.6) is 11.5 Å². The predicted octanol–water partition coefficient (Wildman–Crippen LogP) is 4.80. The number of non-ortho nitro benzene ring substituents is 1. The van der Waals surface area contributed by atoms with Crippen molar-refractivity contribution in [1.29, 1.82) is 0 Å². The molecule has 0 spiro atoms. The Kier molecular flexibility index (Phi) is 7.27. The van der Waals surface area contributed by atoms with E-state index >= 15 is 0 Å². The Bertz CT molecular complexity index is 1320. The van der Waals surface area contributed by atoms with E-state index in [0.29, 0.717) is 39.3 Å². The Morgan fingerprint density at radius 3 is 2.66 bits per heavy atom. The number of nitro groups is 1. The van der Waals surface area contributed by atoms with Crippen LogP contribution in [0, 0.1) is 10.1 Å². The maximum Gasteiger partial charge on any atom is 0.269 e. The fourth-order valence-electron chi connectivity index (χ4n) is 3.15. The highest BCUT2D eigenvalue weighted by Gasteiger charge is 2.34. The molecule has 11 heteroatoms. The molecule has 35 heavy (non-hydrogen) atoms. The standard InChI is InChI=1S/C24H20N4O6S/c1-2-33-21-12-17(7-10-20(21)29)13-22-23(30)27(15-19-4-3-11-34-19)24(35-22)26-25-14-16-5-8-18(9-6-16)28(31)32/h3-14,29H,2,15H2,1H3/b22-13-,25-14-,26-24+. The van der Waals surface area contributed by atoms with Gasteiger partial charge in [-0.2, -0.15) is 5.10 Å². The quantitative estimate of drug-likeness (QED) is 0.207. The Morgan fingerprint density at radius 1 is 1.20 bits per heavy atom. The number of hydrogen-bond donors (Lipinski definition) is 1. The Balaban J connectivity index is 1.60. The number of ether oxygens (including phenoxy) is 1. The number of carbonyl (C=O) groups is 1. The van der Waals surface area contributed by atoms with Gasteiger partial charge >= 0.3 is 0 Å². The maximum absolute atomic E-state index is 13.2. The highest BCUT2D eigenvalue weighted by Crippen LogP contribution is 2.35. The summed E-state index contributed by atoms with van der Waals surface area (Å²) in [7, 11) is 0. The first-order chi connectivity index (χ1) is 16.9. The van der Waals surface area contributed by atoms with Crippen molar-refractivity contribution < 1.29 is 24.0 Å². The molecule has 10 nitrogen and oxygen atoms in total. The van der Waals surface area contributed by atoms with E-state index in [2.05, 4.69) is 10.2 Å². The fraction of sp³-hybridized carbons (Fsp3) is 0.125. The molecule has 0 bridgehead atoms. The van der Waals surface area contributed by atoms with E-state index in [1.807, 2.05) is 6.92 Å². The van der Waals surface area contributed by atoms with Gasteiger partial charge in [-0.25, -0.2) is 0 Å². The summed E-state index contributed by atoms with van der Waals surface area (Å²) in [6, 6.07) is 14.2. The molecule has 4 rings (SSSR count). The molecule has 0 aliphatic carbocycles. The van der Waals surface area contributed by atoms with Crippen LogP contribution in [-0.4, -0.2) is 38.8 Å². The van der Waals surface area contributed by atoms with Gasteiger partial charge in [0.1, 0.15) is 5.76 Å². The lowest BCUT2D eigenvalue weighted by Gasteiger charge is -2.12. The average Bonchev–Trinajstić information content (AvgIpc) is 3.46. The van der Waals surface area contributed by atoms with Crippen molar-refractivity contribution in [1.82, 2.24) is 4.90 Å². The van der Waals surface area contributed by atoms with E-state index in [9.17, 15) is 20.0 Å². The molecule has 0 atom stereocenters. The first kappa shape index (κ1) is 23.8. The molecule has 1 fully saturated rings. The second-order valence-corrected chi connectivity index (χ2v) is 8.23. The molecule has 0 saturated carbocycles. The third kappa shape index (κ3) is 5.76. The van der Waals surface area contributed by atoms with Crippen LogP contribution in [0.15, 0.2) is 80.4 Å². The summed E-state index contributed by atoms with van der Waals surface area (Å²) in [5.41, 5.74) is 1.28. The molecule has 1 aliphatic heterocycles. The van der Waals surface area contributed by atoms with Gasteiger partial charge in [0.15, 0.2) is 16.7 Å². The maximum atomic E-state index is 13.2. The van der Waals surface area contributed by atoms with Crippen LogP contribution in [0.1, 0.15) is 23.8 Å². The van der Waals surface area contributed by atoms with E-state index < -0.39 is 4.92 Å². The summed E-state index contributed by atoms with van der Waals surface area (Å²) in [5.74, 6) is 0.644. The number of amidine groups is 1. The highest BCUT2D eigenvalue weighted by molar-refractivity contribution is 8.18. The fourth-order valence-corrected chi connectivity index (χ4v) is 4.09. The minimum Gasteiger partial charge on any atom is -0.504 e. The highest BCUT2D eigenvalue weighted by atomic mass is 32.2. The van der Waals surface area contributed by atoms with E-state index in [1.165, 1.54) is 35.6 Å². The van der Waals surface area contributed by atoms with Gasteiger partial charge in [-0.1, -0.05) is 6.07 Å². The van der Waals surface area contributed by atoms with Crippen LogP contribution in [0.3, 0.4) is 0 Å². The molecule has 1 N–H and O–H groups in total. The van der Waals surface area contributed by atoms with Gasteiger partial charge in [0, 0.05) is 12.1 Å². The van der Waals surface area contributed by atoms with Crippen LogP contribution < -0.4 is 4.74 Å². The lowest BCUT2D eigenvalue weighted by atomic mass is 10.2. The minimum absolute atomic E-state index is 0.0154. The molecule has 1 amide bonds. The lowest BCUT2D eigenvalue weighted by Crippen LogP contribution is -2.28. The second-order valence-electron chi connectivity index (χ2n) is 7.22. The smallest absolute Gasteiger partial charge is 0.269 e. The van der Waals surface area contributed by atoms with Crippen molar-refractivity contribution in [3.05, 3.63) is 92.8 Å².